The van der Waals surface area contributed by atoms with E-state index < -0.39 is 53.0 Å². The monoisotopic (exact) mass is 598 g/mol. The molecule has 0 aromatic heterocycles. The molecule has 1 aliphatic rings. The summed E-state index contributed by atoms with van der Waals surface area (Å²) in [6, 6.07) is 9.89. The first kappa shape index (κ1) is 24.6. The van der Waals surface area contributed by atoms with E-state index in [0.717, 1.165) is 6.07 Å². The van der Waals surface area contributed by atoms with Crippen LogP contribution in [0.3, 0.4) is 0 Å². The molecule has 0 fully saturated rings. The Hall–Kier alpha value is -3.48. The lowest BCUT2D eigenvalue weighted by Gasteiger charge is -2.34. The van der Waals surface area contributed by atoms with Crippen LogP contribution in [-0.4, -0.2) is 27.8 Å². The molecule has 6 nitrogen and oxygen atoms in total. The molecule has 180 valence electrons. The fourth-order valence-electron chi connectivity index (χ4n) is 3.93. The lowest BCUT2D eigenvalue weighted by atomic mass is 9.96. The van der Waals surface area contributed by atoms with Crippen molar-refractivity contribution in [3.05, 3.63) is 98.4 Å². The number of nitrogens with zero attached hydrogens (tertiary/aromatic N) is 1. The molecule has 35 heavy (non-hydrogen) atoms. The SMILES string of the molecule is O=C(O)C(c1ccccc1)N1C(=O)c2cc(I)ccc2NC(=O)C1c1ccc(C(F)(F)F)cc1F. The standard InChI is InChI=1S/C24H15F4IN2O4/c25-17-10-13(24(26,27)28)6-8-15(17)20-21(32)30-18-9-7-14(29)11-16(18)22(33)31(20)19(23(34)35)12-4-2-1-3-5-12/h1-11,19-20H,(H,30,32)(H,34,35). The molecule has 0 aliphatic carbocycles. The number of hydrogen-bond acceptors (Lipinski definition) is 3. The number of halogens is 5. The highest BCUT2D eigenvalue weighted by Gasteiger charge is 2.45. The molecule has 1 heterocycles. The average Bonchev–Trinajstić information content (AvgIpc) is 2.89. The van der Waals surface area contributed by atoms with E-state index in [9.17, 15) is 32.7 Å². The van der Waals surface area contributed by atoms with Crippen LogP contribution < -0.4 is 5.32 Å². The summed E-state index contributed by atoms with van der Waals surface area (Å²) in [5.74, 6) is -4.80. The van der Waals surface area contributed by atoms with Crippen molar-refractivity contribution in [2.45, 2.75) is 18.3 Å². The van der Waals surface area contributed by atoms with E-state index in [1.165, 1.54) is 36.4 Å². The molecule has 4 rings (SSSR count). The van der Waals surface area contributed by atoms with Gasteiger partial charge < -0.3 is 15.3 Å². The second kappa shape index (κ2) is 9.29. The van der Waals surface area contributed by atoms with Crippen molar-refractivity contribution in [1.29, 1.82) is 0 Å². The van der Waals surface area contributed by atoms with Gasteiger partial charge in [-0.25, -0.2) is 9.18 Å². The van der Waals surface area contributed by atoms with Crippen molar-refractivity contribution in [2.75, 3.05) is 5.32 Å². The van der Waals surface area contributed by atoms with E-state index in [1.807, 2.05) is 22.6 Å². The van der Waals surface area contributed by atoms with E-state index in [4.69, 9.17) is 0 Å². The first-order chi connectivity index (χ1) is 16.5. The van der Waals surface area contributed by atoms with Crippen molar-refractivity contribution in [3.8, 4) is 0 Å². The third kappa shape index (κ3) is 4.72. The Morgan fingerprint density at radius 1 is 1.03 bits per heavy atom. The maximum atomic E-state index is 15.1. The first-order valence-electron chi connectivity index (χ1n) is 10.1. The number of carboxylic acids is 1. The topological polar surface area (TPSA) is 86.7 Å². The normalized spacial score (nSPS) is 16.8. The molecule has 1 aliphatic heterocycles. The second-order valence-corrected chi connectivity index (χ2v) is 8.93. The number of benzene rings is 3. The van der Waals surface area contributed by atoms with Crippen molar-refractivity contribution in [1.82, 2.24) is 4.90 Å². The van der Waals surface area contributed by atoms with Gasteiger partial charge in [-0.2, -0.15) is 13.2 Å². The molecule has 11 heteroatoms. The first-order valence-corrected chi connectivity index (χ1v) is 11.1. The van der Waals surface area contributed by atoms with Crippen LogP contribution in [0.25, 0.3) is 0 Å². The van der Waals surface area contributed by atoms with Gasteiger partial charge in [-0.1, -0.05) is 36.4 Å². The van der Waals surface area contributed by atoms with Gasteiger partial charge in [0.2, 0.25) is 0 Å². The smallest absolute Gasteiger partial charge is 0.416 e. The molecule has 2 N–H and O–H groups in total. The van der Waals surface area contributed by atoms with Crippen LogP contribution in [0.4, 0.5) is 23.2 Å². The highest BCUT2D eigenvalue weighted by molar-refractivity contribution is 14.1. The Balaban J connectivity index is 1.97. The Kier molecular flexibility index (Phi) is 6.54. The Morgan fingerprint density at radius 3 is 2.31 bits per heavy atom. The van der Waals surface area contributed by atoms with Crippen LogP contribution in [0.15, 0.2) is 66.7 Å². The zero-order valence-corrected chi connectivity index (χ0v) is 19.7. The molecule has 3 aromatic rings. The summed E-state index contributed by atoms with van der Waals surface area (Å²) in [6.45, 7) is 0. The quantitative estimate of drug-likeness (QED) is 0.311. The van der Waals surface area contributed by atoms with Gasteiger partial charge in [0.25, 0.3) is 11.8 Å². The summed E-state index contributed by atoms with van der Waals surface area (Å²) in [6.07, 6.45) is -4.85. The van der Waals surface area contributed by atoms with Gasteiger partial charge in [-0.15, -0.1) is 0 Å². The van der Waals surface area contributed by atoms with Gasteiger partial charge in [0, 0.05) is 9.13 Å². The van der Waals surface area contributed by atoms with Gasteiger partial charge in [-0.05, 0) is 58.5 Å². The minimum Gasteiger partial charge on any atom is -0.479 e. The Bertz CT molecular complexity index is 1330. The number of fused-ring (bicyclic) bond motifs is 1. The molecular formula is C24H15F4IN2O4. The summed E-state index contributed by atoms with van der Waals surface area (Å²) >= 11 is 1.93. The van der Waals surface area contributed by atoms with Crippen molar-refractivity contribution in [2.24, 2.45) is 0 Å². The maximum absolute atomic E-state index is 15.1. The minimum atomic E-state index is -4.85. The molecule has 0 saturated heterocycles. The van der Waals surface area contributed by atoms with Crippen LogP contribution in [0.5, 0.6) is 0 Å². The molecule has 0 saturated carbocycles. The molecule has 0 spiro atoms. The molecule has 2 amide bonds. The number of carbonyl (C=O) groups excluding carboxylic acids is 2. The highest BCUT2D eigenvalue weighted by Crippen LogP contribution is 2.40. The summed E-state index contributed by atoms with van der Waals surface area (Å²) in [5.41, 5.74) is -1.72. The summed E-state index contributed by atoms with van der Waals surface area (Å²) in [7, 11) is 0. The molecule has 3 aromatic carbocycles. The highest BCUT2D eigenvalue weighted by atomic mass is 127. The molecule has 0 radical (unpaired) electrons. The number of aliphatic carboxylic acids is 1. The second-order valence-electron chi connectivity index (χ2n) is 7.68. The number of alkyl halides is 3. The lowest BCUT2D eigenvalue weighted by molar-refractivity contribution is -0.144. The number of nitrogens with one attached hydrogen (secondary N) is 1. The number of hydrogen-bond donors (Lipinski definition) is 2. The van der Waals surface area contributed by atoms with Crippen molar-refractivity contribution < 1.29 is 37.1 Å². The predicted octanol–water partition coefficient (Wildman–Crippen LogP) is 5.41. The largest absolute Gasteiger partial charge is 0.479 e. The van der Waals surface area contributed by atoms with Crippen molar-refractivity contribution in [3.63, 3.8) is 0 Å². The molecule has 0 bridgehead atoms. The summed E-state index contributed by atoms with van der Waals surface area (Å²) in [4.78, 5) is 40.2. The van der Waals surface area contributed by atoms with E-state index in [-0.39, 0.29) is 22.9 Å². The fraction of sp³-hybridized carbons (Fsp3) is 0.125. The van der Waals surface area contributed by atoms with Crippen LogP contribution in [-0.2, 0) is 15.8 Å². The van der Waals surface area contributed by atoms with Crippen LogP contribution in [0.1, 0.15) is 39.1 Å². The number of carboxylic acid groups (broad SMARTS) is 1. The number of amides is 2. The van der Waals surface area contributed by atoms with Gasteiger partial charge in [0.15, 0.2) is 6.04 Å². The number of anilines is 1. The van der Waals surface area contributed by atoms with Gasteiger partial charge in [0.05, 0.1) is 16.8 Å². The molecule has 2 unspecified atom stereocenters. The predicted molar refractivity (Wildman–Crippen MR) is 125 cm³/mol. The Labute approximate surface area is 209 Å². The fourth-order valence-corrected chi connectivity index (χ4v) is 4.42. The van der Waals surface area contributed by atoms with Crippen LogP contribution >= 0.6 is 22.6 Å². The third-order valence-corrected chi connectivity index (χ3v) is 6.15. The van der Waals surface area contributed by atoms with Gasteiger partial charge in [-0.3, -0.25) is 9.59 Å². The van der Waals surface area contributed by atoms with E-state index >= 15 is 4.39 Å². The lowest BCUT2D eigenvalue weighted by Crippen LogP contribution is -2.44. The van der Waals surface area contributed by atoms with E-state index in [1.54, 1.807) is 12.1 Å². The van der Waals surface area contributed by atoms with Crippen LogP contribution in [0.2, 0.25) is 0 Å². The van der Waals surface area contributed by atoms with Crippen molar-refractivity contribution >= 4 is 46.1 Å². The molecule has 2 atom stereocenters. The molecular weight excluding hydrogens is 583 g/mol. The summed E-state index contributed by atoms with van der Waals surface area (Å²) in [5, 5.41) is 12.6. The zero-order chi connectivity index (χ0) is 25.5. The maximum Gasteiger partial charge on any atom is 0.416 e. The minimum absolute atomic E-state index is 0.0396. The Morgan fingerprint density at radius 2 is 1.71 bits per heavy atom. The van der Waals surface area contributed by atoms with Gasteiger partial charge in [0.1, 0.15) is 11.9 Å². The average molecular weight is 598 g/mol. The number of carbonyl (C=O) groups is 3. The van der Waals surface area contributed by atoms with Crippen LogP contribution in [0, 0.1) is 9.39 Å². The van der Waals surface area contributed by atoms with E-state index in [2.05, 4.69) is 5.32 Å². The van der Waals surface area contributed by atoms with Gasteiger partial charge >= 0.3 is 12.1 Å². The van der Waals surface area contributed by atoms with E-state index in [0.29, 0.717) is 14.5 Å². The third-order valence-electron chi connectivity index (χ3n) is 5.48. The number of rotatable bonds is 4. The summed E-state index contributed by atoms with van der Waals surface area (Å²) < 4.78 is 55.0. The zero-order valence-electron chi connectivity index (χ0n) is 17.5.